The Kier molecular flexibility index (Phi) is 7.63. The van der Waals surface area contributed by atoms with Crippen molar-refractivity contribution in [2.75, 3.05) is 29.3 Å². The van der Waals surface area contributed by atoms with Crippen LogP contribution in [0.4, 0.5) is 11.4 Å². The number of hydrogen-bond donors (Lipinski definition) is 2. The van der Waals surface area contributed by atoms with Crippen molar-refractivity contribution in [1.29, 1.82) is 0 Å². The maximum atomic E-state index is 12.9. The molecule has 0 aromatic heterocycles. The lowest BCUT2D eigenvalue weighted by molar-refractivity contribution is -0.148. The molecular formula is C24H30N2O6S. The van der Waals surface area contributed by atoms with Crippen molar-refractivity contribution in [2.45, 2.75) is 44.4 Å². The number of carboxylic acid groups (broad SMARTS) is 1. The fraction of sp³-hybridized carbons (Fsp3) is 0.417. The Labute approximate surface area is 194 Å². The molecule has 0 saturated carbocycles. The van der Waals surface area contributed by atoms with Gasteiger partial charge in [0.1, 0.15) is 0 Å². The molecule has 0 aliphatic carbocycles. The van der Waals surface area contributed by atoms with Crippen molar-refractivity contribution < 1.29 is 27.9 Å². The van der Waals surface area contributed by atoms with Gasteiger partial charge in [0.05, 0.1) is 28.7 Å². The molecule has 0 bridgehead atoms. The molecule has 0 spiro atoms. The number of esters is 1. The number of aromatic carboxylic acids is 1. The van der Waals surface area contributed by atoms with Gasteiger partial charge in [0.2, 0.25) is 0 Å². The Bertz CT molecular complexity index is 1110. The van der Waals surface area contributed by atoms with Gasteiger partial charge in [0.15, 0.2) is 0 Å². The van der Waals surface area contributed by atoms with Gasteiger partial charge in [-0.3, -0.25) is 9.52 Å². The smallest absolute Gasteiger partial charge is 0.337 e. The molecule has 2 aromatic rings. The number of carboxylic acids is 1. The summed E-state index contributed by atoms with van der Waals surface area (Å²) >= 11 is 0. The first-order valence-corrected chi connectivity index (χ1v) is 12.5. The molecule has 8 nitrogen and oxygen atoms in total. The molecule has 2 N–H and O–H groups in total. The molecule has 1 fully saturated rings. The highest BCUT2D eigenvalue weighted by Crippen LogP contribution is 2.29. The molecule has 0 radical (unpaired) electrons. The van der Waals surface area contributed by atoms with Crippen LogP contribution in [0.3, 0.4) is 0 Å². The van der Waals surface area contributed by atoms with Crippen LogP contribution in [0, 0.1) is 5.92 Å². The number of benzene rings is 2. The zero-order valence-corrected chi connectivity index (χ0v) is 19.9. The van der Waals surface area contributed by atoms with Crippen molar-refractivity contribution >= 4 is 33.3 Å². The summed E-state index contributed by atoms with van der Waals surface area (Å²) < 4.78 is 33.2. The van der Waals surface area contributed by atoms with E-state index in [1.807, 2.05) is 18.7 Å². The second-order valence-electron chi connectivity index (χ2n) is 8.40. The van der Waals surface area contributed by atoms with E-state index < -0.39 is 16.0 Å². The Morgan fingerprint density at radius 3 is 2.48 bits per heavy atom. The van der Waals surface area contributed by atoms with Gasteiger partial charge < -0.3 is 14.7 Å². The van der Waals surface area contributed by atoms with Crippen molar-refractivity contribution in [3.8, 4) is 0 Å². The van der Waals surface area contributed by atoms with Crippen LogP contribution in [-0.4, -0.2) is 45.2 Å². The summed E-state index contributed by atoms with van der Waals surface area (Å²) in [5, 5.41) is 9.74. The molecule has 178 valence electrons. The lowest BCUT2D eigenvalue weighted by atomic mass is 9.97. The zero-order chi connectivity index (χ0) is 24.2. The molecule has 1 aliphatic rings. The molecule has 1 unspecified atom stereocenters. The van der Waals surface area contributed by atoms with Crippen LogP contribution < -0.4 is 9.62 Å². The maximum absolute atomic E-state index is 12.9. The van der Waals surface area contributed by atoms with E-state index in [1.54, 1.807) is 25.1 Å². The van der Waals surface area contributed by atoms with Gasteiger partial charge in [-0.2, -0.15) is 0 Å². The van der Waals surface area contributed by atoms with E-state index in [4.69, 9.17) is 4.74 Å². The van der Waals surface area contributed by atoms with E-state index in [2.05, 4.69) is 4.72 Å². The molecule has 1 saturated heterocycles. The number of carbonyl (C=O) groups is 2. The molecule has 1 atom stereocenters. The largest absolute Gasteiger partial charge is 0.478 e. The molecule has 33 heavy (non-hydrogen) atoms. The van der Waals surface area contributed by atoms with E-state index in [9.17, 15) is 23.1 Å². The fourth-order valence-electron chi connectivity index (χ4n) is 3.89. The summed E-state index contributed by atoms with van der Waals surface area (Å²) in [6, 6.07) is 11.1. The predicted molar refractivity (Wildman–Crippen MR) is 126 cm³/mol. The van der Waals surface area contributed by atoms with E-state index in [0.717, 1.165) is 12.0 Å². The summed E-state index contributed by atoms with van der Waals surface area (Å²) in [4.78, 5) is 26.1. The first-order valence-electron chi connectivity index (χ1n) is 11.0. The highest BCUT2D eigenvalue weighted by molar-refractivity contribution is 7.92. The normalized spacial score (nSPS) is 16.5. The molecule has 2 aromatic carbocycles. The number of sulfonamides is 1. The third-order valence-electron chi connectivity index (χ3n) is 5.74. The molecule has 1 heterocycles. The number of hydrogen-bond acceptors (Lipinski definition) is 6. The SMILES string of the molecule is CCOC(=O)C1CCCN(c2ccc(NS(=O)(=O)c3ccc(C(C)C)cc3)c(C(=O)O)c2)C1. The quantitative estimate of drug-likeness (QED) is 0.554. The lowest BCUT2D eigenvalue weighted by Crippen LogP contribution is -2.39. The van der Waals surface area contributed by atoms with Crippen LogP contribution >= 0.6 is 0 Å². The number of nitrogens with zero attached hydrogens (tertiary/aromatic N) is 1. The van der Waals surface area contributed by atoms with Crippen molar-refractivity contribution in [3.05, 3.63) is 53.6 Å². The lowest BCUT2D eigenvalue weighted by Gasteiger charge is -2.33. The van der Waals surface area contributed by atoms with Crippen molar-refractivity contribution in [2.24, 2.45) is 5.92 Å². The highest BCUT2D eigenvalue weighted by Gasteiger charge is 2.28. The number of anilines is 2. The van der Waals surface area contributed by atoms with Crippen LogP contribution in [-0.2, 0) is 19.6 Å². The Morgan fingerprint density at radius 1 is 1.18 bits per heavy atom. The van der Waals surface area contributed by atoms with E-state index in [0.29, 0.717) is 31.8 Å². The summed E-state index contributed by atoms with van der Waals surface area (Å²) in [5.74, 6) is -1.52. The topological polar surface area (TPSA) is 113 Å². The van der Waals surface area contributed by atoms with Gasteiger partial charge in [0, 0.05) is 18.8 Å². The van der Waals surface area contributed by atoms with Crippen LogP contribution in [0.1, 0.15) is 55.5 Å². The minimum atomic E-state index is -3.96. The van der Waals surface area contributed by atoms with Gasteiger partial charge in [0.25, 0.3) is 10.0 Å². The average Bonchev–Trinajstić information content (AvgIpc) is 2.79. The van der Waals surface area contributed by atoms with Crippen LogP contribution in [0.25, 0.3) is 0 Å². The molecule has 1 aliphatic heterocycles. The minimum Gasteiger partial charge on any atom is -0.478 e. The number of ether oxygens (including phenoxy) is 1. The molecule has 9 heteroatoms. The molecule has 0 amide bonds. The Morgan fingerprint density at radius 2 is 1.88 bits per heavy atom. The van der Waals surface area contributed by atoms with Crippen molar-refractivity contribution in [3.63, 3.8) is 0 Å². The first-order chi connectivity index (χ1) is 15.6. The first kappa shape index (κ1) is 24.6. The summed E-state index contributed by atoms with van der Waals surface area (Å²) in [5.41, 5.74) is 1.45. The number of piperidine rings is 1. The second kappa shape index (κ2) is 10.2. The second-order valence-corrected chi connectivity index (χ2v) is 10.1. The van der Waals surface area contributed by atoms with Crippen LogP contribution in [0.15, 0.2) is 47.4 Å². The Balaban J connectivity index is 1.84. The maximum Gasteiger partial charge on any atom is 0.337 e. The fourth-order valence-corrected chi connectivity index (χ4v) is 4.97. The van der Waals surface area contributed by atoms with E-state index in [-0.39, 0.29) is 34.0 Å². The number of rotatable bonds is 8. The number of nitrogens with one attached hydrogen (secondary N) is 1. The standard InChI is InChI=1S/C24H30N2O6S/c1-4-32-24(29)18-6-5-13-26(15-18)19-9-12-22(21(14-19)23(27)28)25-33(30,31)20-10-7-17(8-11-20)16(2)3/h7-12,14,16,18,25H,4-6,13,15H2,1-3H3,(H,27,28). The summed E-state index contributed by atoms with van der Waals surface area (Å²) in [6.07, 6.45) is 1.49. The van der Waals surface area contributed by atoms with Crippen LogP contribution in [0.5, 0.6) is 0 Å². The monoisotopic (exact) mass is 474 g/mol. The van der Waals surface area contributed by atoms with Gasteiger partial charge in [-0.05, 0) is 61.6 Å². The third kappa shape index (κ3) is 5.84. The predicted octanol–water partition coefficient (Wildman–Crippen LogP) is 4.09. The Hall–Kier alpha value is -3.07. The minimum absolute atomic E-state index is 0.0156. The molecule has 3 rings (SSSR count). The van der Waals surface area contributed by atoms with E-state index >= 15 is 0 Å². The van der Waals surface area contributed by atoms with Gasteiger partial charge >= 0.3 is 11.9 Å². The summed E-state index contributed by atoms with van der Waals surface area (Å²) in [6.45, 7) is 7.19. The van der Waals surface area contributed by atoms with Gasteiger partial charge in [-0.15, -0.1) is 0 Å². The highest BCUT2D eigenvalue weighted by atomic mass is 32.2. The van der Waals surface area contributed by atoms with Gasteiger partial charge in [-0.1, -0.05) is 26.0 Å². The zero-order valence-electron chi connectivity index (χ0n) is 19.1. The number of carbonyl (C=O) groups excluding carboxylic acids is 1. The van der Waals surface area contributed by atoms with Crippen molar-refractivity contribution in [1.82, 2.24) is 0 Å². The molecular weight excluding hydrogens is 444 g/mol. The average molecular weight is 475 g/mol. The van der Waals surface area contributed by atoms with Crippen LogP contribution in [0.2, 0.25) is 0 Å². The van der Waals surface area contributed by atoms with E-state index in [1.165, 1.54) is 24.3 Å². The van der Waals surface area contributed by atoms with Gasteiger partial charge in [-0.25, -0.2) is 13.2 Å². The third-order valence-corrected chi connectivity index (χ3v) is 7.12. The summed E-state index contributed by atoms with van der Waals surface area (Å²) in [7, 11) is -3.96.